The van der Waals surface area contributed by atoms with Gasteiger partial charge in [-0.3, -0.25) is 0 Å². The highest BCUT2D eigenvalue weighted by Gasteiger charge is 2.02. The second kappa shape index (κ2) is 8.62. The second-order valence-electron chi connectivity index (χ2n) is 3.94. The number of benzene rings is 1. The predicted octanol–water partition coefficient (Wildman–Crippen LogP) is 3.03. The Morgan fingerprint density at radius 1 is 1.22 bits per heavy atom. The zero-order valence-electron chi connectivity index (χ0n) is 10.6. The number of ether oxygens (including phenoxy) is 2. The van der Waals surface area contributed by atoms with Crippen molar-refractivity contribution in [2.24, 2.45) is 0 Å². The van der Waals surface area contributed by atoms with Crippen molar-refractivity contribution in [1.82, 2.24) is 0 Å². The molecule has 1 rings (SSSR count). The van der Waals surface area contributed by atoms with Crippen LogP contribution in [0.5, 0.6) is 0 Å². The lowest BCUT2D eigenvalue weighted by Crippen LogP contribution is -2.05. The average molecular weight is 251 g/mol. The van der Waals surface area contributed by atoms with Crippen LogP contribution >= 0.6 is 0 Å². The van der Waals surface area contributed by atoms with Crippen LogP contribution in [-0.2, 0) is 16.1 Å². The molecule has 0 bridgehead atoms. The summed E-state index contributed by atoms with van der Waals surface area (Å²) in [5.74, 6) is -0.496. The van der Waals surface area contributed by atoms with Crippen molar-refractivity contribution in [2.75, 3.05) is 19.8 Å². The molecule has 0 heterocycles. The number of nitriles is 1. The molecule has 4 heteroatoms. The molecule has 0 N–H and O–H groups in total. The molecule has 98 valence electrons. The van der Waals surface area contributed by atoms with Gasteiger partial charge in [-0.1, -0.05) is 19.4 Å². The van der Waals surface area contributed by atoms with Gasteiger partial charge in [0.2, 0.25) is 0 Å². The van der Waals surface area contributed by atoms with E-state index in [9.17, 15) is 4.39 Å². The molecule has 0 fully saturated rings. The highest BCUT2D eigenvalue weighted by atomic mass is 19.1. The maximum atomic E-state index is 13.0. The SMILES string of the molecule is CCCCOCCOCc1ccc(F)c(C#N)c1. The van der Waals surface area contributed by atoms with E-state index in [1.807, 2.05) is 0 Å². The Balaban J connectivity index is 2.22. The van der Waals surface area contributed by atoms with Gasteiger partial charge >= 0.3 is 0 Å². The van der Waals surface area contributed by atoms with E-state index >= 15 is 0 Å². The van der Waals surface area contributed by atoms with E-state index in [-0.39, 0.29) is 5.56 Å². The smallest absolute Gasteiger partial charge is 0.140 e. The summed E-state index contributed by atoms with van der Waals surface area (Å²) in [7, 11) is 0. The first-order valence-corrected chi connectivity index (χ1v) is 6.12. The molecular weight excluding hydrogens is 233 g/mol. The molecule has 0 amide bonds. The van der Waals surface area contributed by atoms with E-state index in [1.165, 1.54) is 12.1 Å². The van der Waals surface area contributed by atoms with E-state index in [4.69, 9.17) is 14.7 Å². The molecule has 0 aliphatic rings. The van der Waals surface area contributed by atoms with Crippen LogP contribution in [0.1, 0.15) is 30.9 Å². The number of halogens is 1. The van der Waals surface area contributed by atoms with Crippen LogP contribution in [0.25, 0.3) is 0 Å². The Bertz CT molecular complexity index is 401. The largest absolute Gasteiger partial charge is 0.379 e. The monoisotopic (exact) mass is 251 g/mol. The van der Waals surface area contributed by atoms with Crippen LogP contribution in [0.15, 0.2) is 18.2 Å². The highest BCUT2D eigenvalue weighted by Crippen LogP contribution is 2.10. The van der Waals surface area contributed by atoms with Gasteiger partial charge in [-0.25, -0.2) is 4.39 Å². The van der Waals surface area contributed by atoms with Crippen molar-refractivity contribution < 1.29 is 13.9 Å². The lowest BCUT2D eigenvalue weighted by Gasteiger charge is -2.06. The first kappa shape index (κ1) is 14.6. The molecule has 0 aliphatic carbocycles. The van der Waals surface area contributed by atoms with Gasteiger partial charge in [-0.05, 0) is 24.1 Å². The summed E-state index contributed by atoms with van der Waals surface area (Å²) >= 11 is 0. The molecular formula is C14H18FNO2. The quantitative estimate of drug-likeness (QED) is 0.667. The topological polar surface area (TPSA) is 42.2 Å². The zero-order valence-corrected chi connectivity index (χ0v) is 10.6. The van der Waals surface area contributed by atoms with Crippen molar-refractivity contribution >= 4 is 0 Å². The van der Waals surface area contributed by atoms with Crippen molar-refractivity contribution in [3.63, 3.8) is 0 Å². The van der Waals surface area contributed by atoms with Gasteiger partial charge in [-0.2, -0.15) is 5.26 Å². The minimum atomic E-state index is -0.496. The van der Waals surface area contributed by atoms with Gasteiger partial charge in [0.25, 0.3) is 0 Å². The molecule has 0 aliphatic heterocycles. The lowest BCUT2D eigenvalue weighted by molar-refractivity contribution is 0.0396. The molecule has 0 saturated carbocycles. The van der Waals surface area contributed by atoms with Crippen LogP contribution < -0.4 is 0 Å². The highest BCUT2D eigenvalue weighted by molar-refractivity contribution is 5.34. The van der Waals surface area contributed by atoms with Gasteiger partial charge in [0, 0.05) is 6.61 Å². The molecule has 1 aromatic rings. The summed E-state index contributed by atoms with van der Waals surface area (Å²) in [5, 5.41) is 8.68. The third-order valence-corrected chi connectivity index (χ3v) is 2.43. The van der Waals surface area contributed by atoms with Gasteiger partial charge in [0.1, 0.15) is 11.9 Å². The van der Waals surface area contributed by atoms with Crippen LogP contribution in [0.3, 0.4) is 0 Å². The fraction of sp³-hybridized carbons (Fsp3) is 0.500. The van der Waals surface area contributed by atoms with Crippen molar-refractivity contribution in [3.05, 3.63) is 35.1 Å². The van der Waals surface area contributed by atoms with Crippen LogP contribution in [-0.4, -0.2) is 19.8 Å². The summed E-state index contributed by atoms with van der Waals surface area (Å²) in [4.78, 5) is 0. The summed E-state index contributed by atoms with van der Waals surface area (Å²) in [6.07, 6.45) is 2.18. The van der Waals surface area contributed by atoms with E-state index in [0.29, 0.717) is 19.8 Å². The third-order valence-electron chi connectivity index (χ3n) is 2.43. The van der Waals surface area contributed by atoms with Gasteiger partial charge < -0.3 is 9.47 Å². The molecule has 3 nitrogen and oxygen atoms in total. The van der Waals surface area contributed by atoms with Crippen molar-refractivity contribution in [3.8, 4) is 6.07 Å². The van der Waals surface area contributed by atoms with Crippen molar-refractivity contribution in [2.45, 2.75) is 26.4 Å². The fourth-order valence-corrected chi connectivity index (χ4v) is 1.40. The van der Waals surface area contributed by atoms with Crippen molar-refractivity contribution in [1.29, 1.82) is 5.26 Å². The number of nitrogens with zero attached hydrogens (tertiary/aromatic N) is 1. The molecule has 0 spiro atoms. The summed E-state index contributed by atoms with van der Waals surface area (Å²) in [6, 6.07) is 6.22. The van der Waals surface area contributed by atoms with E-state index in [0.717, 1.165) is 25.0 Å². The maximum Gasteiger partial charge on any atom is 0.140 e. The number of rotatable bonds is 8. The Morgan fingerprint density at radius 3 is 2.72 bits per heavy atom. The maximum absolute atomic E-state index is 13.0. The predicted molar refractivity (Wildman–Crippen MR) is 66.5 cm³/mol. The fourth-order valence-electron chi connectivity index (χ4n) is 1.40. The number of hydrogen-bond acceptors (Lipinski definition) is 3. The Kier molecular flexibility index (Phi) is 7.00. The summed E-state index contributed by atoms with van der Waals surface area (Å²) in [6.45, 7) is 4.30. The summed E-state index contributed by atoms with van der Waals surface area (Å²) < 4.78 is 23.8. The van der Waals surface area contributed by atoms with Crippen LogP contribution in [0, 0.1) is 17.1 Å². The molecule has 18 heavy (non-hydrogen) atoms. The number of hydrogen-bond donors (Lipinski definition) is 0. The van der Waals surface area contributed by atoms with Crippen LogP contribution in [0.2, 0.25) is 0 Å². The Hall–Kier alpha value is -1.44. The van der Waals surface area contributed by atoms with E-state index in [1.54, 1.807) is 12.1 Å². The summed E-state index contributed by atoms with van der Waals surface area (Å²) in [5.41, 5.74) is 0.844. The standard InChI is InChI=1S/C14H18FNO2/c1-2-3-6-17-7-8-18-11-12-4-5-14(15)13(9-12)10-16/h4-5,9H,2-3,6-8,11H2,1H3. The average Bonchev–Trinajstić information content (AvgIpc) is 2.39. The molecule has 0 saturated heterocycles. The molecule has 1 aromatic carbocycles. The van der Waals surface area contributed by atoms with Crippen LogP contribution in [0.4, 0.5) is 4.39 Å². The van der Waals surface area contributed by atoms with Gasteiger partial charge in [-0.15, -0.1) is 0 Å². The first-order valence-electron chi connectivity index (χ1n) is 6.12. The molecule has 0 radical (unpaired) electrons. The Morgan fingerprint density at radius 2 is 2.00 bits per heavy atom. The third kappa shape index (κ3) is 5.26. The molecule has 0 atom stereocenters. The molecule has 0 unspecified atom stereocenters. The number of unbranched alkanes of at least 4 members (excludes halogenated alkanes) is 1. The second-order valence-corrected chi connectivity index (χ2v) is 3.94. The van der Waals surface area contributed by atoms with Gasteiger partial charge in [0.05, 0.1) is 25.4 Å². The Labute approximate surface area is 107 Å². The lowest BCUT2D eigenvalue weighted by atomic mass is 10.1. The van der Waals surface area contributed by atoms with Gasteiger partial charge in [0.15, 0.2) is 0 Å². The first-order chi connectivity index (χ1) is 8.77. The zero-order chi connectivity index (χ0) is 13.2. The van der Waals surface area contributed by atoms with E-state index < -0.39 is 5.82 Å². The minimum absolute atomic E-state index is 0.0512. The molecule has 0 aromatic heterocycles. The minimum Gasteiger partial charge on any atom is -0.379 e. The van der Waals surface area contributed by atoms with E-state index in [2.05, 4.69) is 6.92 Å². The normalized spacial score (nSPS) is 10.3.